The minimum Gasteiger partial charge on any atom is -0.392 e. The van der Waals surface area contributed by atoms with Crippen LogP contribution in [0.25, 0.3) is 11.1 Å². The Morgan fingerprint density at radius 3 is 2.81 bits per heavy atom. The lowest BCUT2D eigenvalue weighted by molar-refractivity contribution is 0.281. The van der Waals surface area contributed by atoms with Crippen molar-refractivity contribution in [3.05, 3.63) is 53.9 Å². The number of benzene rings is 1. The fourth-order valence-electron chi connectivity index (χ4n) is 1.50. The molecule has 0 fully saturated rings. The second kappa shape index (κ2) is 4.56. The molecule has 0 aliphatic rings. The van der Waals surface area contributed by atoms with Crippen LogP contribution >= 0.6 is 0 Å². The summed E-state index contributed by atoms with van der Waals surface area (Å²) in [5.74, 6) is 0. The van der Waals surface area contributed by atoms with Gasteiger partial charge >= 0.3 is 0 Å². The first-order chi connectivity index (χ1) is 7.83. The fourth-order valence-corrected chi connectivity index (χ4v) is 1.50. The second-order valence-electron chi connectivity index (χ2n) is 3.43. The minimum atomic E-state index is -0.0290. The Balaban J connectivity index is 2.46. The molecule has 0 saturated carbocycles. The monoisotopic (exact) mass is 210 g/mol. The summed E-state index contributed by atoms with van der Waals surface area (Å²) in [5.41, 5.74) is 3.22. The second-order valence-corrected chi connectivity index (χ2v) is 3.43. The van der Waals surface area contributed by atoms with Crippen LogP contribution in [-0.2, 0) is 6.61 Å². The van der Waals surface area contributed by atoms with Crippen LogP contribution in [0.1, 0.15) is 11.1 Å². The molecule has 1 aromatic heterocycles. The van der Waals surface area contributed by atoms with Gasteiger partial charge in [-0.15, -0.1) is 0 Å². The largest absolute Gasteiger partial charge is 0.392 e. The maximum Gasteiger partial charge on any atom is 0.0991 e. The van der Waals surface area contributed by atoms with Crippen molar-refractivity contribution in [2.24, 2.45) is 0 Å². The molecule has 0 aliphatic heterocycles. The van der Waals surface area contributed by atoms with Crippen molar-refractivity contribution in [3.8, 4) is 17.2 Å². The Kier molecular flexibility index (Phi) is 2.95. The zero-order valence-electron chi connectivity index (χ0n) is 8.59. The lowest BCUT2D eigenvalue weighted by Gasteiger charge is -2.03. The molecule has 0 aliphatic carbocycles. The highest BCUT2D eigenvalue weighted by Crippen LogP contribution is 2.20. The lowest BCUT2D eigenvalue weighted by Crippen LogP contribution is -1.87. The van der Waals surface area contributed by atoms with E-state index in [9.17, 15) is 0 Å². The molecule has 0 unspecified atom stereocenters. The van der Waals surface area contributed by atoms with E-state index in [0.717, 1.165) is 16.7 Å². The Morgan fingerprint density at radius 2 is 2.06 bits per heavy atom. The summed E-state index contributed by atoms with van der Waals surface area (Å²) in [6.07, 6.45) is 3.34. The van der Waals surface area contributed by atoms with E-state index in [1.165, 1.54) is 0 Å². The van der Waals surface area contributed by atoms with Crippen LogP contribution in [0.15, 0.2) is 42.7 Å². The molecular weight excluding hydrogens is 200 g/mol. The zero-order chi connectivity index (χ0) is 11.4. The first kappa shape index (κ1) is 10.3. The van der Waals surface area contributed by atoms with Gasteiger partial charge in [-0.2, -0.15) is 5.26 Å². The average molecular weight is 210 g/mol. The number of aliphatic hydroxyl groups excluding tert-OH is 1. The van der Waals surface area contributed by atoms with E-state index in [0.29, 0.717) is 5.56 Å². The Hall–Kier alpha value is -2.18. The maximum atomic E-state index is 9.02. The van der Waals surface area contributed by atoms with Gasteiger partial charge in [0.15, 0.2) is 0 Å². The molecular formula is C13H10N2O. The summed E-state index contributed by atoms with van der Waals surface area (Å²) in [6.45, 7) is -0.0290. The molecule has 0 saturated heterocycles. The van der Waals surface area contributed by atoms with Crippen LogP contribution < -0.4 is 0 Å². The Labute approximate surface area is 93.6 Å². The Bertz CT molecular complexity index is 544. The van der Waals surface area contributed by atoms with E-state index in [2.05, 4.69) is 11.1 Å². The van der Waals surface area contributed by atoms with Crippen molar-refractivity contribution in [2.45, 2.75) is 6.61 Å². The molecule has 0 radical (unpaired) electrons. The lowest BCUT2D eigenvalue weighted by atomic mass is 10.0. The molecule has 2 rings (SSSR count). The number of pyridine rings is 1. The molecule has 0 amide bonds. The summed E-state index contributed by atoms with van der Waals surface area (Å²) in [6, 6.07) is 11.3. The van der Waals surface area contributed by atoms with E-state index in [1.54, 1.807) is 24.5 Å². The van der Waals surface area contributed by atoms with Gasteiger partial charge in [0.2, 0.25) is 0 Å². The third-order valence-electron chi connectivity index (χ3n) is 2.30. The van der Waals surface area contributed by atoms with Gasteiger partial charge in [0, 0.05) is 18.0 Å². The van der Waals surface area contributed by atoms with Gasteiger partial charge < -0.3 is 5.11 Å². The van der Waals surface area contributed by atoms with E-state index < -0.39 is 0 Å². The van der Waals surface area contributed by atoms with Gasteiger partial charge in [-0.3, -0.25) is 4.98 Å². The summed E-state index contributed by atoms with van der Waals surface area (Å²) in [7, 11) is 0. The van der Waals surface area contributed by atoms with Gasteiger partial charge in [-0.1, -0.05) is 12.1 Å². The van der Waals surface area contributed by atoms with E-state index >= 15 is 0 Å². The maximum absolute atomic E-state index is 9.02. The number of aromatic nitrogens is 1. The molecule has 78 valence electrons. The van der Waals surface area contributed by atoms with Gasteiger partial charge in [0.25, 0.3) is 0 Å². The molecule has 1 heterocycles. The standard InChI is InChI=1S/C13H10N2O/c14-6-10-2-1-3-12(4-10)13-5-11(9-16)7-15-8-13/h1-5,7-8,16H,9H2. The van der Waals surface area contributed by atoms with Crippen LogP contribution in [0.2, 0.25) is 0 Å². The van der Waals surface area contributed by atoms with Crippen molar-refractivity contribution in [1.82, 2.24) is 4.98 Å². The number of hydrogen-bond acceptors (Lipinski definition) is 3. The van der Waals surface area contributed by atoms with Gasteiger partial charge in [0.05, 0.1) is 18.2 Å². The van der Waals surface area contributed by atoms with Crippen LogP contribution in [0.5, 0.6) is 0 Å². The highest BCUT2D eigenvalue weighted by molar-refractivity contribution is 5.64. The van der Waals surface area contributed by atoms with Crippen LogP contribution in [0.3, 0.4) is 0 Å². The van der Waals surface area contributed by atoms with Gasteiger partial charge in [-0.25, -0.2) is 0 Å². The topological polar surface area (TPSA) is 56.9 Å². The normalized spacial score (nSPS) is 9.75. The predicted molar refractivity (Wildman–Crippen MR) is 60.3 cm³/mol. The van der Waals surface area contributed by atoms with E-state index in [4.69, 9.17) is 10.4 Å². The molecule has 2 aromatic rings. The number of aliphatic hydroxyl groups is 1. The molecule has 0 spiro atoms. The smallest absolute Gasteiger partial charge is 0.0991 e. The van der Waals surface area contributed by atoms with Crippen LogP contribution in [0, 0.1) is 11.3 Å². The fraction of sp³-hybridized carbons (Fsp3) is 0.0769. The third-order valence-corrected chi connectivity index (χ3v) is 2.30. The van der Waals surface area contributed by atoms with Crippen molar-refractivity contribution in [1.29, 1.82) is 5.26 Å². The van der Waals surface area contributed by atoms with Crippen molar-refractivity contribution in [3.63, 3.8) is 0 Å². The van der Waals surface area contributed by atoms with Gasteiger partial charge in [0.1, 0.15) is 0 Å². The number of nitrogens with zero attached hydrogens (tertiary/aromatic N) is 2. The predicted octanol–water partition coefficient (Wildman–Crippen LogP) is 2.11. The van der Waals surface area contributed by atoms with Crippen molar-refractivity contribution in [2.75, 3.05) is 0 Å². The van der Waals surface area contributed by atoms with Gasteiger partial charge in [-0.05, 0) is 29.3 Å². The molecule has 3 heteroatoms. The summed E-state index contributed by atoms with van der Waals surface area (Å²) >= 11 is 0. The number of rotatable bonds is 2. The SMILES string of the molecule is N#Cc1cccc(-c2cncc(CO)c2)c1. The summed E-state index contributed by atoms with van der Waals surface area (Å²) in [5, 5.41) is 17.8. The molecule has 16 heavy (non-hydrogen) atoms. The molecule has 1 N–H and O–H groups in total. The van der Waals surface area contributed by atoms with Crippen molar-refractivity contribution >= 4 is 0 Å². The van der Waals surface area contributed by atoms with Crippen molar-refractivity contribution < 1.29 is 5.11 Å². The third kappa shape index (κ3) is 2.08. The minimum absolute atomic E-state index is 0.0290. The highest BCUT2D eigenvalue weighted by atomic mass is 16.3. The molecule has 3 nitrogen and oxygen atoms in total. The quantitative estimate of drug-likeness (QED) is 0.825. The summed E-state index contributed by atoms with van der Waals surface area (Å²) < 4.78 is 0. The first-order valence-corrected chi connectivity index (χ1v) is 4.89. The van der Waals surface area contributed by atoms with Crippen LogP contribution in [-0.4, -0.2) is 10.1 Å². The molecule has 1 aromatic carbocycles. The highest BCUT2D eigenvalue weighted by Gasteiger charge is 2.00. The first-order valence-electron chi connectivity index (χ1n) is 4.89. The zero-order valence-corrected chi connectivity index (χ0v) is 8.59. The van der Waals surface area contributed by atoms with E-state index in [1.807, 2.05) is 18.2 Å². The van der Waals surface area contributed by atoms with Crippen LogP contribution in [0.4, 0.5) is 0 Å². The average Bonchev–Trinajstić information content (AvgIpc) is 2.39. The Morgan fingerprint density at radius 1 is 1.19 bits per heavy atom. The molecule has 0 bridgehead atoms. The number of hydrogen-bond donors (Lipinski definition) is 1. The number of nitriles is 1. The molecule has 0 atom stereocenters. The van der Waals surface area contributed by atoms with E-state index in [-0.39, 0.29) is 6.61 Å². The summed E-state index contributed by atoms with van der Waals surface area (Å²) in [4.78, 5) is 4.04.